The van der Waals surface area contributed by atoms with Crippen LogP contribution in [0.25, 0.3) is 0 Å². The number of hydrogen-bond donors (Lipinski definition) is 2. The van der Waals surface area contributed by atoms with Gasteiger partial charge in [0.2, 0.25) is 5.91 Å². The number of hydrogen-bond acceptors (Lipinski definition) is 3. The topological polar surface area (TPSA) is 72.2 Å². The Morgan fingerprint density at radius 2 is 1.95 bits per heavy atom. The van der Waals surface area contributed by atoms with Crippen molar-refractivity contribution in [3.63, 3.8) is 0 Å². The predicted molar refractivity (Wildman–Crippen MR) is 82.5 cm³/mol. The molecular formula is C14H30N2O2S. The summed E-state index contributed by atoms with van der Waals surface area (Å²) in [5, 5.41) is 3.05. The van der Waals surface area contributed by atoms with Crippen molar-refractivity contribution in [3.8, 4) is 0 Å². The SMILES string of the molecule is CCCC(CCN)CCC(=O)NCCC(C)S(C)=O. The van der Waals surface area contributed by atoms with E-state index in [2.05, 4.69) is 12.2 Å². The van der Waals surface area contributed by atoms with Gasteiger partial charge in [-0.2, -0.15) is 0 Å². The third-order valence-corrected chi connectivity index (χ3v) is 4.86. The van der Waals surface area contributed by atoms with Crippen molar-refractivity contribution in [2.45, 2.75) is 57.6 Å². The molecule has 5 heteroatoms. The van der Waals surface area contributed by atoms with Gasteiger partial charge >= 0.3 is 0 Å². The summed E-state index contributed by atoms with van der Waals surface area (Å²) in [4.78, 5) is 11.7. The van der Waals surface area contributed by atoms with Gasteiger partial charge < -0.3 is 11.1 Å². The summed E-state index contributed by atoms with van der Waals surface area (Å²) >= 11 is 0. The summed E-state index contributed by atoms with van der Waals surface area (Å²) in [6, 6.07) is 0. The quantitative estimate of drug-likeness (QED) is 0.609. The standard InChI is InChI=1S/C14H30N2O2S/c1-4-5-13(8-10-15)6-7-14(17)16-11-9-12(2)19(3)18/h12-13H,4-11,15H2,1-3H3,(H,16,17). The molecule has 3 unspecified atom stereocenters. The van der Waals surface area contributed by atoms with Crippen molar-refractivity contribution >= 4 is 16.7 Å². The Hall–Kier alpha value is -0.420. The Kier molecular flexibility index (Phi) is 11.2. The normalized spacial score (nSPS) is 15.8. The fraction of sp³-hybridized carbons (Fsp3) is 0.929. The molecule has 0 aromatic heterocycles. The fourth-order valence-corrected chi connectivity index (χ4v) is 2.53. The highest BCUT2D eigenvalue weighted by molar-refractivity contribution is 7.84. The van der Waals surface area contributed by atoms with Crippen LogP contribution >= 0.6 is 0 Å². The molecule has 0 fully saturated rings. The number of nitrogens with one attached hydrogen (secondary N) is 1. The molecule has 4 nitrogen and oxygen atoms in total. The summed E-state index contributed by atoms with van der Waals surface area (Å²) in [6.45, 7) is 5.43. The third kappa shape index (κ3) is 10.1. The highest BCUT2D eigenvalue weighted by Crippen LogP contribution is 2.16. The molecule has 0 aromatic rings. The zero-order chi connectivity index (χ0) is 14.7. The monoisotopic (exact) mass is 290 g/mol. The molecule has 0 heterocycles. The molecule has 0 aliphatic rings. The lowest BCUT2D eigenvalue weighted by atomic mass is 9.94. The third-order valence-electron chi connectivity index (χ3n) is 3.49. The summed E-state index contributed by atoms with van der Waals surface area (Å²) in [5.41, 5.74) is 5.58. The summed E-state index contributed by atoms with van der Waals surface area (Å²) in [5.74, 6) is 0.676. The molecule has 114 valence electrons. The van der Waals surface area contributed by atoms with E-state index in [0.29, 0.717) is 25.4 Å². The largest absolute Gasteiger partial charge is 0.356 e. The van der Waals surface area contributed by atoms with E-state index in [1.165, 1.54) is 0 Å². The molecule has 0 aromatic carbocycles. The van der Waals surface area contributed by atoms with Gasteiger partial charge in [-0.25, -0.2) is 0 Å². The van der Waals surface area contributed by atoms with E-state index in [4.69, 9.17) is 5.73 Å². The number of carbonyl (C=O) groups is 1. The van der Waals surface area contributed by atoms with Gasteiger partial charge in [-0.1, -0.05) is 26.7 Å². The smallest absolute Gasteiger partial charge is 0.220 e. The summed E-state index contributed by atoms with van der Waals surface area (Å²) < 4.78 is 11.2. The molecular weight excluding hydrogens is 260 g/mol. The Morgan fingerprint density at radius 3 is 2.47 bits per heavy atom. The van der Waals surface area contributed by atoms with Gasteiger partial charge in [0.25, 0.3) is 0 Å². The maximum atomic E-state index is 11.7. The number of rotatable bonds is 11. The average Bonchev–Trinajstić information content (AvgIpc) is 2.36. The Bertz CT molecular complexity index is 266. The second-order valence-electron chi connectivity index (χ2n) is 5.22. The Balaban J connectivity index is 3.75. The van der Waals surface area contributed by atoms with Crippen molar-refractivity contribution in [2.24, 2.45) is 11.7 Å². The molecule has 1 amide bonds. The van der Waals surface area contributed by atoms with Crippen LogP contribution in [0.3, 0.4) is 0 Å². The maximum Gasteiger partial charge on any atom is 0.220 e. The number of nitrogens with two attached hydrogens (primary N) is 1. The molecule has 0 spiro atoms. The first-order chi connectivity index (χ1) is 9.01. The van der Waals surface area contributed by atoms with Crippen molar-refractivity contribution in [3.05, 3.63) is 0 Å². The van der Waals surface area contributed by atoms with E-state index in [9.17, 15) is 9.00 Å². The van der Waals surface area contributed by atoms with E-state index in [1.807, 2.05) is 6.92 Å². The highest BCUT2D eigenvalue weighted by Gasteiger charge is 2.11. The summed E-state index contributed by atoms with van der Waals surface area (Å²) in [7, 11) is -0.807. The average molecular weight is 290 g/mol. The van der Waals surface area contributed by atoms with E-state index in [-0.39, 0.29) is 11.2 Å². The molecule has 3 atom stereocenters. The molecule has 0 saturated carbocycles. The predicted octanol–water partition coefficient (Wildman–Crippen LogP) is 1.81. The van der Waals surface area contributed by atoms with E-state index < -0.39 is 10.8 Å². The number of carbonyl (C=O) groups excluding carboxylic acids is 1. The number of amides is 1. The minimum Gasteiger partial charge on any atom is -0.356 e. The lowest BCUT2D eigenvalue weighted by molar-refractivity contribution is -0.121. The van der Waals surface area contributed by atoms with Gasteiger partial charge in [0, 0.05) is 35.3 Å². The summed E-state index contributed by atoms with van der Waals surface area (Å²) in [6.07, 6.45) is 7.28. The minimum absolute atomic E-state index is 0.104. The zero-order valence-corrected chi connectivity index (χ0v) is 13.4. The van der Waals surface area contributed by atoms with Crippen molar-refractivity contribution in [1.29, 1.82) is 0 Å². The lowest BCUT2D eigenvalue weighted by Crippen LogP contribution is -2.27. The van der Waals surface area contributed by atoms with Gasteiger partial charge in [-0.3, -0.25) is 9.00 Å². The van der Waals surface area contributed by atoms with Crippen LogP contribution in [0, 0.1) is 5.92 Å². The fourth-order valence-electron chi connectivity index (χ4n) is 2.08. The van der Waals surface area contributed by atoms with E-state index in [0.717, 1.165) is 32.1 Å². The molecule has 0 aliphatic heterocycles. The van der Waals surface area contributed by atoms with Crippen LogP contribution in [0.15, 0.2) is 0 Å². The van der Waals surface area contributed by atoms with Crippen LogP contribution in [0.2, 0.25) is 0 Å². The van der Waals surface area contributed by atoms with E-state index >= 15 is 0 Å². The second kappa shape index (κ2) is 11.4. The minimum atomic E-state index is -0.807. The first-order valence-corrected chi connectivity index (χ1v) is 8.92. The molecule has 0 saturated heterocycles. The van der Waals surface area contributed by atoms with Crippen LogP contribution in [0.1, 0.15) is 52.4 Å². The van der Waals surface area contributed by atoms with Crippen molar-refractivity contribution in [2.75, 3.05) is 19.3 Å². The molecule has 0 rings (SSSR count). The van der Waals surface area contributed by atoms with Gasteiger partial charge in [0.05, 0.1) is 0 Å². The van der Waals surface area contributed by atoms with Crippen LogP contribution in [-0.2, 0) is 15.6 Å². The Labute approximate surface area is 120 Å². The first-order valence-electron chi connectivity index (χ1n) is 7.30. The lowest BCUT2D eigenvalue weighted by Gasteiger charge is -2.15. The van der Waals surface area contributed by atoms with Gasteiger partial charge in [0.15, 0.2) is 0 Å². The van der Waals surface area contributed by atoms with Crippen molar-refractivity contribution in [1.82, 2.24) is 5.32 Å². The van der Waals surface area contributed by atoms with Crippen LogP contribution < -0.4 is 11.1 Å². The zero-order valence-electron chi connectivity index (χ0n) is 12.6. The molecule has 0 aliphatic carbocycles. The second-order valence-corrected chi connectivity index (χ2v) is 7.02. The maximum absolute atomic E-state index is 11.7. The van der Waals surface area contributed by atoms with E-state index in [1.54, 1.807) is 6.26 Å². The van der Waals surface area contributed by atoms with Crippen LogP contribution in [0.4, 0.5) is 0 Å². The van der Waals surface area contributed by atoms with Crippen molar-refractivity contribution < 1.29 is 9.00 Å². The van der Waals surface area contributed by atoms with Gasteiger partial charge in [0.1, 0.15) is 0 Å². The van der Waals surface area contributed by atoms with Gasteiger partial charge in [-0.05, 0) is 31.7 Å². The first kappa shape index (κ1) is 18.6. The molecule has 0 bridgehead atoms. The Morgan fingerprint density at radius 1 is 1.26 bits per heavy atom. The van der Waals surface area contributed by atoms with Gasteiger partial charge in [-0.15, -0.1) is 0 Å². The van der Waals surface area contributed by atoms with Crippen LogP contribution in [0.5, 0.6) is 0 Å². The molecule has 3 N–H and O–H groups in total. The molecule has 19 heavy (non-hydrogen) atoms. The van der Waals surface area contributed by atoms with Crippen LogP contribution in [-0.4, -0.2) is 34.7 Å². The highest BCUT2D eigenvalue weighted by atomic mass is 32.2. The molecule has 0 radical (unpaired) electrons.